The topological polar surface area (TPSA) is 58.2 Å². The number of halogens is 1. The van der Waals surface area contributed by atoms with Gasteiger partial charge in [-0.05, 0) is 54.0 Å². The smallest absolute Gasteiger partial charge is 0.250 e. The Morgan fingerprint density at radius 1 is 1.47 bits per heavy atom. The Balaban J connectivity index is 2.69. The molecule has 1 atom stereocenters. The van der Waals surface area contributed by atoms with Crippen molar-refractivity contribution in [1.29, 1.82) is 0 Å². The van der Waals surface area contributed by atoms with Crippen molar-refractivity contribution in [3.63, 3.8) is 0 Å². The van der Waals surface area contributed by atoms with E-state index >= 15 is 0 Å². The zero-order valence-electron chi connectivity index (χ0n) is 10.1. The molecule has 0 aromatic carbocycles. The van der Waals surface area contributed by atoms with Gasteiger partial charge in [0.2, 0.25) is 10.0 Å². The van der Waals surface area contributed by atoms with Crippen LogP contribution in [-0.2, 0) is 10.0 Å². The summed E-state index contributed by atoms with van der Waals surface area (Å²) in [5, 5.41) is 3.02. The molecule has 0 aliphatic carbocycles. The highest BCUT2D eigenvalue weighted by Gasteiger charge is 2.18. The summed E-state index contributed by atoms with van der Waals surface area (Å²) in [6.45, 7) is 5.10. The summed E-state index contributed by atoms with van der Waals surface area (Å²) in [6.07, 6.45) is 0. The summed E-state index contributed by atoms with van der Waals surface area (Å²) >= 11 is 4.57. The second-order valence-electron chi connectivity index (χ2n) is 4.04. The third-order valence-corrected chi connectivity index (χ3v) is 6.31. The Bertz CT molecular complexity index is 451. The molecule has 0 amide bonds. The van der Waals surface area contributed by atoms with E-state index in [-0.39, 0.29) is 5.92 Å². The predicted molar refractivity (Wildman–Crippen MR) is 75.0 cm³/mol. The van der Waals surface area contributed by atoms with E-state index in [1.807, 2.05) is 20.9 Å². The molecule has 0 saturated carbocycles. The molecular formula is C10H17BrN2O2S2. The van der Waals surface area contributed by atoms with Crippen molar-refractivity contribution in [1.82, 2.24) is 10.0 Å². The van der Waals surface area contributed by atoms with Crippen molar-refractivity contribution in [2.75, 3.05) is 20.1 Å². The monoisotopic (exact) mass is 340 g/mol. The Morgan fingerprint density at radius 2 is 2.12 bits per heavy atom. The van der Waals surface area contributed by atoms with Gasteiger partial charge in [0.25, 0.3) is 0 Å². The Morgan fingerprint density at radius 3 is 2.59 bits per heavy atom. The normalized spacial score (nSPS) is 13.9. The third-order valence-electron chi connectivity index (χ3n) is 2.27. The van der Waals surface area contributed by atoms with Crippen molar-refractivity contribution in [2.24, 2.45) is 5.92 Å². The molecule has 0 aliphatic heterocycles. The maximum Gasteiger partial charge on any atom is 0.250 e. The van der Waals surface area contributed by atoms with Crippen molar-refractivity contribution in [3.8, 4) is 0 Å². The number of nitrogens with one attached hydrogen (secondary N) is 2. The molecule has 1 aromatic heterocycles. The second kappa shape index (κ2) is 6.29. The van der Waals surface area contributed by atoms with Crippen molar-refractivity contribution in [3.05, 3.63) is 15.4 Å². The van der Waals surface area contributed by atoms with E-state index < -0.39 is 10.0 Å². The number of hydrogen-bond acceptors (Lipinski definition) is 4. The number of thiophene rings is 1. The first kappa shape index (κ1) is 15.1. The molecule has 7 heteroatoms. The van der Waals surface area contributed by atoms with Crippen molar-refractivity contribution in [2.45, 2.75) is 18.1 Å². The predicted octanol–water partition coefficient (Wildman–Crippen LogP) is 1.95. The summed E-state index contributed by atoms with van der Waals surface area (Å²) in [7, 11) is -1.51. The highest BCUT2D eigenvalue weighted by molar-refractivity contribution is 9.11. The van der Waals surface area contributed by atoms with Crippen LogP contribution in [0.5, 0.6) is 0 Å². The van der Waals surface area contributed by atoms with E-state index in [9.17, 15) is 8.42 Å². The molecule has 0 saturated heterocycles. The molecule has 17 heavy (non-hydrogen) atoms. The summed E-state index contributed by atoms with van der Waals surface area (Å²) in [4.78, 5) is 0. The maximum atomic E-state index is 12.0. The van der Waals surface area contributed by atoms with E-state index in [0.717, 1.165) is 15.9 Å². The van der Waals surface area contributed by atoms with Crippen LogP contribution in [0.3, 0.4) is 0 Å². The zero-order chi connectivity index (χ0) is 13.1. The van der Waals surface area contributed by atoms with Crippen LogP contribution >= 0.6 is 27.3 Å². The molecule has 2 N–H and O–H groups in total. The minimum Gasteiger partial charge on any atom is -0.319 e. The van der Waals surface area contributed by atoms with Crippen LogP contribution in [0, 0.1) is 12.8 Å². The van der Waals surface area contributed by atoms with Crippen LogP contribution in [0.2, 0.25) is 0 Å². The van der Waals surface area contributed by atoms with Gasteiger partial charge in [-0.25, -0.2) is 13.1 Å². The quantitative estimate of drug-likeness (QED) is 0.832. The first-order valence-electron chi connectivity index (χ1n) is 5.27. The first-order valence-corrected chi connectivity index (χ1v) is 8.36. The fourth-order valence-corrected chi connectivity index (χ4v) is 4.74. The van der Waals surface area contributed by atoms with Crippen molar-refractivity contribution >= 4 is 37.3 Å². The van der Waals surface area contributed by atoms with Crippen LogP contribution in [0.15, 0.2) is 14.1 Å². The van der Waals surface area contributed by atoms with E-state index in [1.165, 1.54) is 11.3 Å². The molecule has 98 valence electrons. The van der Waals surface area contributed by atoms with Crippen LogP contribution in [0.25, 0.3) is 0 Å². The molecule has 1 unspecified atom stereocenters. The second-order valence-corrected chi connectivity index (χ2v) is 8.40. The number of sulfonamides is 1. The highest BCUT2D eigenvalue weighted by atomic mass is 79.9. The van der Waals surface area contributed by atoms with E-state index in [2.05, 4.69) is 26.0 Å². The molecule has 0 radical (unpaired) electrons. The van der Waals surface area contributed by atoms with Crippen LogP contribution in [-0.4, -0.2) is 28.6 Å². The summed E-state index contributed by atoms with van der Waals surface area (Å²) in [6, 6.07) is 1.68. The first-order chi connectivity index (χ1) is 7.86. The van der Waals surface area contributed by atoms with E-state index in [4.69, 9.17) is 0 Å². The molecule has 1 rings (SSSR count). The van der Waals surface area contributed by atoms with Gasteiger partial charge in [-0.15, -0.1) is 11.3 Å². The van der Waals surface area contributed by atoms with Crippen LogP contribution < -0.4 is 10.0 Å². The average Bonchev–Trinajstić information content (AvgIpc) is 2.58. The van der Waals surface area contributed by atoms with Gasteiger partial charge >= 0.3 is 0 Å². The minimum absolute atomic E-state index is 0.263. The number of hydrogen-bond donors (Lipinski definition) is 2. The Hall–Kier alpha value is 0.0500. The van der Waals surface area contributed by atoms with Crippen LogP contribution in [0.1, 0.15) is 12.5 Å². The lowest BCUT2D eigenvalue weighted by Gasteiger charge is -2.11. The molecule has 0 bridgehead atoms. The lowest BCUT2D eigenvalue weighted by Crippen LogP contribution is -2.31. The highest BCUT2D eigenvalue weighted by Crippen LogP contribution is 2.30. The van der Waals surface area contributed by atoms with Gasteiger partial charge in [0.05, 0.1) is 3.79 Å². The molecular weight excluding hydrogens is 324 g/mol. The lowest BCUT2D eigenvalue weighted by molar-refractivity contribution is 0.519. The lowest BCUT2D eigenvalue weighted by atomic mass is 10.2. The maximum absolute atomic E-state index is 12.0. The standard InChI is InChI=1S/C10H17BrN2O2S2/c1-7(5-12-3)6-13-17(14,15)9-4-8(2)10(11)16-9/h4,7,12-13H,5-6H2,1-3H3. The summed E-state index contributed by atoms with van der Waals surface area (Å²) < 4.78 is 27.8. The third kappa shape index (κ3) is 4.33. The Labute approximate surface area is 115 Å². The average molecular weight is 341 g/mol. The zero-order valence-corrected chi connectivity index (χ0v) is 13.3. The van der Waals surface area contributed by atoms with Gasteiger partial charge < -0.3 is 5.32 Å². The van der Waals surface area contributed by atoms with Gasteiger partial charge in [0.15, 0.2) is 0 Å². The minimum atomic E-state index is -3.36. The summed E-state index contributed by atoms with van der Waals surface area (Å²) in [5.41, 5.74) is 0.943. The molecule has 1 aromatic rings. The van der Waals surface area contributed by atoms with Gasteiger partial charge in [0.1, 0.15) is 4.21 Å². The van der Waals surface area contributed by atoms with Crippen molar-refractivity contribution < 1.29 is 8.42 Å². The van der Waals surface area contributed by atoms with Gasteiger partial charge in [-0.1, -0.05) is 6.92 Å². The van der Waals surface area contributed by atoms with Crippen LogP contribution in [0.4, 0.5) is 0 Å². The number of aryl methyl sites for hydroxylation is 1. The SMILES string of the molecule is CNCC(C)CNS(=O)(=O)c1cc(C)c(Br)s1. The van der Waals surface area contributed by atoms with Gasteiger partial charge in [0, 0.05) is 6.54 Å². The summed E-state index contributed by atoms with van der Waals surface area (Å²) in [5.74, 6) is 0.263. The fourth-order valence-electron chi connectivity index (χ4n) is 1.31. The van der Waals surface area contributed by atoms with Gasteiger partial charge in [-0.2, -0.15) is 0 Å². The largest absolute Gasteiger partial charge is 0.319 e. The molecule has 0 spiro atoms. The molecule has 0 aliphatic rings. The number of rotatable bonds is 6. The van der Waals surface area contributed by atoms with Gasteiger partial charge in [-0.3, -0.25) is 0 Å². The van der Waals surface area contributed by atoms with E-state index in [0.29, 0.717) is 10.8 Å². The molecule has 4 nitrogen and oxygen atoms in total. The molecule has 0 fully saturated rings. The van der Waals surface area contributed by atoms with E-state index in [1.54, 1.807) is 6.07 Å². The Kier molecular flexibility index (Phi) is 5.59. The molecule has 1 heterocycles. The fraction of sp³-hybridized carbons (Fsp3) is 0.600.